The quantitative estimate of drug-likeness (QED) is 0.721. The second-order valence-corrected chi connectivity index (χ2v) is 7.28. The molecule has 0 radical (unpaired) electrons. The number of ether oxygens (including phenoxy) is 2. The first-order valence-corrected chi connectivity index (χ1v) is 8.61. The Morgan fingerprint density at radius 1 is 1.00 bits per heavy atom. The van der Waals surface area contributed by atoms with E-state index in [2.05, 4.69) is 0 Å². The van der Waals surface area contributed by atoms with Gasteiger partial charge in [0, 0.05) is 17.9 Å². The van der Waals surface area contributed by atoms with Crippen LogP contribution in [0.1, 0.15) is 64.2 Å². The molecule has 0 aromatic rings. The van der Waals surface area contributed by atoms with Gasteiger partial charge in [0.05, 0.1) is 18.3 Å². The fourth-order valence-electron chi connectivity index (χ4n) is 4.32. The Kier molecular flexibility index (Phi) is 4.40. The largest absolute Gasteiger partial charge is 0.381 e. The van der Waals surface area contributed by atoms with Crippen LogP contribution in [0.25, 0.3) is 0 Å². The first kappa shape index (κ1) is 14.2. The van der Waals surface area contributed by atoms with Crippen LogP contribution in [-0.4, -0.2) is 30.8 Å². The number of hydrogen-bond donors (Lipinski definition) is 0. The van der Waals surface area contributed by atoms with Crippen LogP contribution in [0.3, 0.4) is 0 Å². The van der Waals surface area contributed by atoms with E-state index in [1.165, 1.54) is 51.4 Å². The molecule has 110 valence electrons. The Balaban J connectivity index is 1.58. The number of alkyl halides is 1. The summed E-state index contributed by atoms with van der Waals surface area (Å²) in [5, 5.41) is 0. The zero-order valence-corrected chi connectivity index (χ0v) is 12.7. The molecule has 2 aliphatic heterocycles. The second kappa shape index (κ2) is 5.91. The highest BCUT2D eigenvalue weighted by atomic mass is 35.5. The van der Waals surface area contributed by atoms with Gasteiger partial charge in [-0.3, -0.25) is 0 Å². The zero-order valence-electron chi connectivity index (χ0n) is 12.0. The van der Waals surface area contributed by atoms with Crippen LogP contribution in [0.5, 0.6) is 0 Å². The predicted octanol–water partition coefficient (Wildman–Crippen LogP) is 4.29. The lowest BCUT2D eigenvalue weighted by Gasteiger charge is -2.38. The highest BCUT2D eigenvalue weighted by Crippen LogP contribution is 2.46. The topological polar surface area (TPSA) is 18.5 Å². The number of rotatable bonds is 3. The molecule has 0 bridgehead atoms. The van der Waals surface area contributed by atoms with E-state index >= 15 is 0 Å². The molecule has 2 nitrogen and oxygen atoms in total. The molecule has 3 heteroatoms. The van der Waals surface area contributed by atoms with E-state index < -0.39 is 0 Å². The fraction of sp³-hybridized carbons (Fsp3) is 1.00. The van der Waals surface area contributed by atoms with Crippen molar-refractivity contribution in [2.45, 2.75) is 75.9 Å². The summed E-state index contributed by atoms with van der Waals surface area (Å²) >= 11 is 6.26. The summed E-state index contributed by atoms with van der Waals surface area (Å²) in [6.45, 7) is 1.75. The van der Waals surface area contributed by atoms with Gasteiger partial charge < -0.3 is 9.47 Å². The molecular weight excluding hydrogens is 260 g/mol. The Hall–Kier alpha value is 0.210. The highest BCUT2D eigenvalue weighted by Gasteiger charge is 2.44. The van der Waals surface area contributed by atoms with Gasteiger partial charge in [-0.1, -0.05) is 19.3 Å². The molecule has 3 rings (SSSR count). The molecule has 3 fully saturated rings. The van der Waals surface area contributed by atoms with Crippen molar-refractivity contribution in [3.05, 3.63) is 0 Å². The van der Waals surface area contributed by atoms with Crippen LogP contribution >= 0.6 is 11.6 Å². The lowest BCUT2D eigenvalue weighted by molar-refractivity contribution is -0.0903. The summed E-state index contributed by atoms with van der Waals surface area (Å²) in [5.74, 6) is 0.722. The van der Waals surface area contributed by atoms with Gasteiger partial charge in [-0.2, -0.15) is 0 Å². The van der Waals surface area contributed by atoms with Gasteiger partial charge in [0.1, 0.15) is 0 Å². The normalized spacial score (nSPS) is 38.7. The Morgan fingerprint density at radius 3 is 2.53 bits per heavy atom. The van der Waals surface area contributed by atoms with Crippen molar-refractivity contribution in [3.8, 4) is 0 Å². The number of halogens is 1. The molecule has 2 saturated heterocycles. The molecule has 0 amide bonds. The van der Waals surface area contributed by atoms with Gasteiger partial charge in [-0.25, -0.2) is 0 Å². The first-order valence-electron chi connectivity index (χ1n) is 8.08. The molecule has 2 heterocycles. The third kappa shape index (κ3) is 3.11. The van der Waals surface area contributed by atoms with Crippen molar-refractivity contribution < 1.29 is 9.47 Å². The Bertz CT molecular complexity index is 293. The van der Waals surface area contributed by atoms with Crippen LogP contribution in [0.2, 0.25) is 0 Å². The maximum absolute atomic E-state index is 6.51. The molecule has 1 aliphatic carbocycles. The standard InChI is InChI=1S/C16H27ClO2/c17-12-15(6-4-10-18-13-15)11-14-5-9-16(19-14)7-2-1-3-8-16/h14H,1-13H2. The smallest absolute Gasteiger partial charge is 0.0687 e. The number of hydrogen-bond acceptors (Lipinski definition) is 2. The van der Waals surface area contributed by atoms with Crippen molar-refractivity contribution in [1.82, 2.24) is 0 Å². The summed E-state index contributed by atoms with van der Waals surface area (Å²) in [7, 11) is 0. The zero-order chi connectivity index (χ0) is 13.2. The van der Waals surface area contributed by atoms with E-state index in [4.69, 9.17) is 21.1 Å². The predicted molar refractivity (Wildman–Crippen MR) is 77.7 cm³/mol. The van der Waals surface area contributed by atoms with Crippen LogP contribution in [0, 0.1) is 5.41 Å². The third-order valence-corrected chi connectivity index (χ3v) is 6.02. The molecule has 1 spiro atoms. The minimum absolute atomic E-state index is 0.185. The molecule has 19 heavy (non-hydrogen) atoms. The minimum Gasteiger partial charge on any atom is -0.381 e. The van der Waals surface area contributed by atoms with Gasteiger partial charge in [-0.15, -0.1) is 11.6 Å². The van der Waals surface area contributed by atoms with Crippen molar-refractivity contribution in [1.29, 1.82) is 0 Å². The van der Waals surface area contributed by atoms with Crippen molar-refractivity contribution in [2.24, 2.45) is 5.41 Å². The van der Waals surface area contributed by atoms with E-state index in [0.717, 1.165) is 31.9 Å². The van der Waals surface area contributed by atoms with Crippen LogP contribution in [0.4, 0.5) is 0 Å². The van der Waals surface area contributed by atoms with Gasteiger partial charge in [-0.05, 0) is 44.9 Å². The van der Waals surface area contributed by atoms with Crippen LogP contribution in [-0.2, 0) is 9.47 Å². The van der Waals surface area contributed by atoms with E-state index in [0.29, 0.717) is 6.10 Å². The molecule has 1 saturated carbocycles. The average Bonchev–Trinajstić information content (AvgIpc) is 2.83. The lowest BCUT2D eigenvalue weighted by Crippen LogP contribution is -2.38. The Labute approximate surface area is 122 Å². The van der Waals surface area contributed by atoms with Crippen LogP contribution < -0.4 is 0 Å². The molecule has 2 atom stereocenters. The van der Waals surface area contributed by atoms with Crippen molar-refractivity contribution in [2.75, 3.05) is 19.1 Å². The van der Waals surface area contributed by atoms with E-state index in [1.54, 1.807) is 0 Å². The first-order chi connectivity index (χ1) is 9.26. The lowest BCUT2D eigenvalue weighted by atomic mass is 9.79. The van der Waals surface area contributed by atoms with Gasteiger partial charge >= 0.3 is 0 Å². The average molecular weight is 287 g/mol. The molecule has 0 N–H and O–H groups in total. The molecule has 3 aliphatic rings. The van der Waals surface area contributed by atoms with E-state index in [1.807, 2.05) is 0 Å². The summed E-state index contributed by atoms with van der Waals surface area (Å²) in [6, 6.07) is 0. The molecule has 0 aromatic carbocycles. The molecule has 0 aromatic heterocycles. The minimum atomic E-state index is 0.185. The van der Waals surface area contributed by atoms with E-state index in [9.17, 15) is 0 Å². The monoisotopic (exact) mass is 286 g/mol. The summed E-state index contributed by atoms with van der Waals surface area (Å²) in [6.07, 6.45) is 13.1. The van der Waals surface area contributed by atoms with Gasteiger partial charge in [0.15, 0.2) is 0 Å². The van der Waals surface area contributed by atoms with Gasteiger partial charge in [0.2, 0.25) is 0 Å². The summed E-state index contributed by atoms with van der Waals surface area (Å²) < 4.78 is 12.2. The van der Waals surface area contributed by atoms with Crippen molar-refractivity contribution in [3.63, 3.8) is 0 Å². The third-order valence-electron chi connectivity index (χ3n) is 5.45. The van der Waals surface area contributed by atoms with E-state index in [-0.39, 0.29) is 11.0 Å². The highest BCUT2D eigenvalue weighted by molar-refractivity contribution is 6.18. The summed E-state index contributed by atoms with van der Waals surface area (Å²) in [4.78, 5) is 0. The SMILES string of the molecule is ClCC1(CC2CCC3(CCCCC3)O2)CCCOC1. The fourth-order valence-corrected chi connectivity index (χ4v) is 4.64. The Morgan fingerprint density at radius 2 is 1.84 bits per heavy atom. The summed E-state index contributed by atoms with van der Waals surface area (Å²) in [5.41, 5.74) is 0.427. The maximum Gasteiger partial charge on any atom is 0.0687 e. The maximum atomic E-state index is 6.51. The van der Waals surface area contributed by atoms with Gasteiger partial charge in [0.25, 0.3) is 0 Å². The van der Waals surface area contributed by atoms with Crippen LogP contribution in [0.15, 0.2) is 0 Å². The molecular formula is C16H27ClO2. The van der Waals surface area contributed by atoms with Crippen molar-refractivity contribution >= 4 is 11.6 Å². The second-order valence-electron chi connectivity index (χ2n) is 7.02. The molecule has 2 unspecified atom stereocenters.